The zero-order chi connectivity index (χ0) is 13.1. The maximum Gasteiger partial charge on any atom is 0.268 e. The molecule has 5 heteroatoms. The second-order valence-electron chi connectivity index (χ2n) is 4.08. The molecule has 2 rings (SSSR count). The van der Waals surface area contributed by atoms with Crippen molar-refractivity contribution in [2.75, 3.05) is 7.05 Å². The molecule has 0 saturated heterocycles. The predicted octanol–water partition coefficient (Wildman–Crippen LogP) is 1.03. The van der Waals surface area contributed by atoms with Gasteiger partial charge in [0.15, 0.2) is 0 Å². The molecule has 0 spiro atoms. The number of amides is 2. The van der Waals surface area contributed by atoms with Crippen molar-refractivity contribution in [1.29, 1.82) is 0 Å². The lowest BCUT2D eigenvalue weighted by atomic mass is 10.2. The lowest BCUT2D eigenvalue weighted by molar-refractivity contribution is -0.122. The van der Waals surface area contributed by atoms with Gasteiger partial charge in [0.1, 0.15) is 11.7 Å². The Balaban J connectivity index is 2.16. The number of nitrogens with one attached hydrogen (secondary N) is 3. The molecule has 5 nitrogen and oxygen atoms in total. The van der Waals surface area contributed by atoms with Gasteiger partial charge in [-0.25, -0.2) is 0 Å². The van der Waals surface area contributed by atoms with Crippen molar-refractivity contribution >= 4 is 22.7 Å². The van der Waals surface area contributed by atoms with Gasteiger partial charge in [-0.15, -0.1) is 0 Å². The zero-order valence-corrected chi connectivity index (χ0v) is 10.3. The Morgan fingerprint density at radius 1 is 1.28 bits per heavy atom. The van der Waals surface area contributed by atoms with E-state index in [0.717, 1.165) is 10.9 Å². The standard InChI is InChI=1S/C13H15N3O2/c1-8(12(17)14-2)15-13(18)11-7-9-5-3-4-6-10(9)16-11/h3-8,16H,1-2H3,(H,14,17)(H,15,18). The van der Waals surface area contributed by atoms with Gasteiger partial charge in [0, 0.05) is 18.0 Å². The lowest BCUT2D eigenvalue weighted by Crippen LogP contribution is -2.43. The number of aromatic amines is 1. The van der Waals surface area contributed by atoms with Gasteiger partial charge < -0.3 is 15.6 Å². The molecule has 94 valence electrons. The number of rotatable bonds is 3. The van der Waals surface area contributed by atoms with Crippen LogP contribution in [0, 0.1) is 0 Å². The maximum atomic E-state index is 11.9. The van der Waals surface area contributed by atoms with Gasteiger partial charge in [-0.1, -0.05) is 18.2 Å². The molecule has 0 aliphatic carbocycles. The number of aromatic nitrogens is 1. The molecule has 1 unspecified atom stereocenters. The second-order valence-corrected chi connectivity index (χ2v) is 4.08. The first kappa shape index (κ1) is 12.2. The summed E-state index contributed by atoms with van der Waals surface area (Å²) < 4.78 is 0. The van der Waals surface area contributed by atoms with Crippen LogP contribution in [-0.2, 0) is 4.79 Å². The lowest BCUT2D eigenvalue weighted by Gasteiger charge is -2.11. The van der Waals surface area contributed by atoms with E-state index in [0.29, 0.717) is 5.69 Å². The summed E-state index contributed by atoms with van der Waals surface area (Å²) in [5, 5.41) is 6.08. The molecule has 18 heavy (non-hydrogen) atoms. The molecule has 0 fully saturated rings. The summed E-state index contributed by atoms with van der Waals surface area (Å²) in [6, 6.07) is 8.83. The van der Waals surface area contributed by atoms with Gasteiger partial charge >= 0.3 is 0 Å². The van der Waals surface area contributed by atoms with Gasteiger partial charge in [0.25, 0.3) is 5.91 Å². The van der Waals surface area contributed by atoms with Crippen LogP contribution in [0.3, 0.4) is 0 Å². The highest BCUT2D eigenvalue weighted by Crippen LogP contribution is 2.14. The molecular formula is C13H15N3O2. The van der Waals surface area contributed by atoms with Crippen molar-refractivity contribution < 1.29 is 9.59 Å². The van der Waals surface area contributed by atoms with Crippen LogP contribution in [0.4, 0.5) is 0 Å². The van der Waals surface area contributed by atoms with Crippen LogP contribution in [0.2, 0.25) is 0 Å². The molecule has 1 atom stereocenters. The number of H-pyrrole nitrogens is 1. The quantitative estimate of drug-likeness (QED) is 0.755. The van der Waals surface area contributed by atoms with Crippen LogP contribution in [-0.4, -0.2) is 29.9 Å². The second kappa shape index (κ2) is 4.91. The molecule has 0 saturated carbocycles. The van der Waals surface area contributed by atoms with Crippen LogP contribution in [0.1, 0.15) is 17.4 Å². The van der Waals surface area contributed by atoms with E-state index in [9.17, 15) is 9.59 Å². The fourth-order valence-corrected chi connectivity index (χ4v) is 1.75. The van der Waals surface area contributed by atoms with Crippen LogP contribution in [0.25, 0.3) is 10.9 Å². The highest BCUT2D eigenvalue weighted by Gasteiger charge is 2.16. The Morgan fingerprint density at radius 2 is 2.00 bits per heavy atom. The first-order chi connectivity index (χ1) is 8.61. The molecule has 2 aromatic rings. The number of fused-ring (bicyclic) bond motifs is 1. The topological polar surface area (TPSA) is 74.0 Å². The first-order valence-corrected chi connectivity index (χ1v) is 5.72. The number of benzene rings is 1. The monoisotopic (exact) mass is 245 g/mol. The van der Waals surface area contributed by atoms with Crippen molar-refractivity contribution in [3.63, 3.8) is 0 Å². The Kier molecular flexibility index (Phi) is 3.32. The maximum absolute atomic E-state index is 11.9. The van der Waals surface area contributed by atoms with Crippen LogP contribution < -0.4 is 10.6 Å². The summed E-state index contributed by atoms with van der Waals surface area (Å²) in [6.45, 7) is 1.64. The van der Waals surface area contributed by atoms with Crippen molar-refractivity contribution in [3.05, 3.63) is 36.0 Å². The summed E-state index contributed by atoms with van der Waals surface area (Å²) in [4.78, 5) is 26.3. The first-order valence-electron chi connectivity index (χ1n) is 5.72. The predicted molar refractivity (Wildman–Crippen MR) is 69.3 cm³/mol. The number of hydrogen-bond donors (Lipinski definition) is 3. The van der Waals surface area contributed by atoms with Crippen LogP contribution in [0.5, 0.6) is 0 Å². The van der Waals surface area contributed by atoms with E-state index in [1.54, 1.807) is 13.0 Å². The molecule has 1 aromatic carbocycles. The highest BCUT2D eigenvalue weighted by atomic mass is 16.2. The van der Waals surface area contributed by atoms with E-state index in [4.69, 9.17) is 0 Å². The van der Waals surface area contributed by atoms with Crippen LogP contribution >= 0.6 is 0 Å². The molecule has 0 bridgehead atoms. The number of hydrogen-bond acceptors (Lipinski definition) is 2. The molecule has 0 aliphatic heterocycles. The van der Waals surface area contributed by atoms with Crippen molar-refractivity contribution in [3.8, 4) is 0 Å². The molecule has 0 radical (unpaired) electrons. The summed E-state index contributed by atoms with van der Waals surface area (Å²) in [5.41, 5.74) is 1.35. The average Bonchev–Trinajstić information content (AvgIpc) is 2.81. The number of carbonyl (C=O) groups excluding carboxylic acids is 2. The highest BCUT2D eigenvalue weighted by molar-refractivity contribution is 6.00. The van der Waals surface area contributed by atoms with E-state index in [1.165, 1.54) is 7.05 Å². The third-order valence-electron chi connectivity index (χ3n) is 2.76. The minimum absolute atomic E-state index is 0.223. The Bertz CT molecular complexity index is 556. The Labute approximate surface area is 105 Å². The molecule has 1 aromatic heterocycles. The van der Waals surface area contributed by atoms with Crippen molar-refractivity contribution in [2.45, 2.75) is 13.0 Å². The zero-order valence-electron chi connectivity index (χ0n) is 10.3. The van der Waals surface area contributed by atoms with E-state index >= 15 is 0 Å². The number of likely N-dealkylation sites (N-methyl/N-ethyl adjacent to an activating group) is 1. The molecule has 0 aliphatic rings. The number of para-hydroxylation sites is 1. The fraction of sp³-hybridized carbons (Fsp3) is 0.231. The minimum atomic E-state index is -0.561. The van der Waals surface area contributed by atoms with Crippen molar-refractivity contribution in [1.82, 2.24) is 15.6 Å². The molecule has 2 amide bonds. The molecule has 3 N–H and O–H groups in total. The van der Waals surface area contributed by atoms with Crippen LogP contribution in [0.15, 0.2) is 30.3 Å². The third kappa shape index (κ3) is 2.34. The summed E-state index contributed by atoms with van der Waals surface area (Å²) >= 11 is 0. The average molecular weight is 245 g/mol. The summed E-state index contributed by atoms with van der Waals surface area (Å²) in [6.07, 6.45) is 0. The summed E-state index contributed by atoms with van der Waals surface area (Å²) in [5.74, 6) is -0.512. The molecular weight excluding hydrogens is 230 g/mol. The van der Waals surface area contributed by atoms with E-state index < -0.39 is 6.04 Å². The molecule has 1 heterocycles. The van der Waals surface area contributed by atoms with E-state index in [2.05, 4.69) is 15.6 Å². The summed E-state index contributed by atoms with van der Waals surface area (Å²) in [7, 11) is 1.54. The Hall–Kier alpha value is -2.30. The van der Waals surface area contributed by atoms with Crippen molar-refractivity contribution in [2.24, 2.45) is 0 Å². The largest absolute Gasteiger partial charge is 0.357 e. The SMILES string of the molecule is CNC(=O)C(C)NC(=O)c1cc2ccccc2[nH]1. The Morgan fingerprint density at radius 3 is 2.67 bits per heavy atom. The van der Waals surface area contributed by atoms with Gasteiger partial charge in [0.05, 0.1) is 0 Å². The number of carbonyl (C=O) groups is 2. The normalized spacial score (nSPS) is 12.1. The van der Waals surface area contributed by atoms with E-state index in [1.807, 2.05) is 24.3 Å². The van der Waals surface area contributed by atoms with Gasteiger partial charge in [-0.05, 0) is 19.1 Å². The third-order valence-corrected chi connectivity index (χ3v) is 2.76. The van der Waals surface area contributed by atoms with Gasteiger partial charge in [-0.3, -0.25) is 9.59 Å². The minimum Gasteiger partial charge on any atom is -0.357 e. The van der Waals surface area contributed by atoms with Gasteiger partial charge in [0.2, 0.25) is 5.91 Å². The fourth-order valence-electron chi connectivity index (χ4n) is 1.75. The van der Waals surface area contributed by atoms with E-state index in [-0.39, 0.29) is 11.8 Å². The smallest absolute Gasteiger partial charge is 0.268 e. The van der Waals surface area contributed by atoms with Gasteiger partial charge in [-0.2, -0.15) is 0 Å².